The first kappa shape index (κ1) is 21.9. The smallest absolute Gasteiger partial charge is 0.238 e. The average Bonchev–Trinajstić information content (AvgIpc) is 3.15. The molecule has 0 spiro atoms. The van der Waals surface area contributed by atoms with Gasteiger partial charge in [0, 0.05) is 0 Å². The van der Waals surface area contributed by atoms with Gasteiger partial charge in [-0.2, -0.15) is 0 Å². The largest absolute Gasteiger partial charge is 0.438 e. The van der Waals surface area contributed by atoms with Gasteiger partial charge in [0.1, 0.15) is 5.52 Å². The lowest BCUT2D eigenvalue weighted by Gasteiger charge is -2.22. The third-order valence-corrected chi connectivity index (χ3v) is 6.35. The highest BCUT2D eigenvalue weighted by atomic mass is 32.2. The normalized spacial score (nSPS) is 14.9. The molecule has 0 bridgehead atoms. The zero-order valence-corrected chi connectivity index (χ0v) is 17.4. The van der Waals surface area contributed by atoms with E-state index in [1.807, 2.05) is 0 Å². The Morgan fingerprint density at radius 3 is 2.50 bits per heavy atom. The molecule has 1 aromatic heterocycles. The lowest BCUT2D eigenvalue weighted by molar-refractivity contribution is -0.123. The number of aliphatic hydroxyl groups is 1. The van der Waals surface area contributed by atoms with Crippen LogP contribution in [0.25, 0.3) is 11.1 Å². The van der Waals surface area contributed by atoms with Gasteiger partial charge in [-0.1, -0.05) is 49.4 Å². The van der Waals surface area contributed by atoms with E-state index >= 15 is 0 Å². The van der Waals surface area contributed by atoms with E-state index in [4.69, 9.17) is 10.2 Å². The standard InChI is InChI=1S/C21H25N3O5S/c1-2-16(19(25)21-24-17-10-6-7-11-18(17)29-21)23-20(26)15(22)13-30(27,28)12-14-8-4-3-5-9-14/h3-11,15-16,19,25H,2,12-13,22H2,1H3,(H,23,26). The lowest BCUT2D eigenvalue weighted by atomic mass is 10.1. The van der Waals surface area contributed by atoms with Crippen molar-refractivity contribution in [3.05, 3.63) is 66.1 Å². The summed E-state index contributed by atoms with van der Waals surface area (Å²) in [7, 11) is -3.59. The second-order valence-corrected chi connectivity index (χ2v) is 9.24. The van der Waals surface area contributed by atoms with Crippen molar-refractivity contribution >= 4 is 26.8 Å². The zero-order valence-electron chi connectivity index (χ0n) is 16.6. The van der Waals surface area contributed by atoms with Crippen LogP contribution in [0, 0.1) is 0 Å². The van der Waals surface area contributed by atoms with Crippen LogP contribution < -0.4 is 11.1 Å². The van der Waals surface area contributed by atoms with Crippen LogP contribution in [0.15, 0.2) is 59.0 Å². The fourth-order valence-electron chi connectivity index (χ4n) is 3.12. The topological polar surface area (TPSA) is 136 Å². The molecule has 0 aliphatic carbocycles. The number of fused-ring (bicyclic) bond motifs is 1. The molecular formula is C21H25N3O5S. The minimum Gasteiger partial charge on any atom is -0.438 e. The number of aromatic nitrogens is 1. The lowest BCUT2D eigenvalue weighted by Crippen LogP contribution is -2.50. The van der Waals surface area contributed by atoms with Gasteiger partial charge in [0.05, 0.1) is 23.6 Å². The molecule has 0 radical (unpaired) electrons. The number of para-hydroxylation sites is 2. The summed E-state index contributed by atoms with van der Waals surface area (Å²) < 4.78 is 30.3. The Bertz CT molecular complexity index is 1070. The molecule has 0 saturated heterocycles. The number of sulfone groups is 1. The minimum absolute atomic E-state index is 0.0774. The minimum atomic E-state index is -3.59. The van der Waals surface area contributed by atoms with Crippen molar-refractivity contribution in [3.63, 3.8) is 0 Å². The van der Waals surface area contributed by atoms with Crippen molar-refractivity contribution in [1.29, 1.82) is 0 Å². The Labute approximate surface area is 175 Å². The zero-order chi connectivity index (χ0) is 21.7. The first-order valence-electron chi connectivity index (χ1n) is 9.63. The maximum atomic E-state index is 12.5. The molecule has 3 rings (SSSR count). The fraction of sp³-hybridized carbons (Fsp3) is 0.333. The molecule has 1 amide bonds. The molecule has 1 heterocycles. The average molecular weight is 432 g/mol. The summed E-state index contributed by atoms with van der Waals surface area (Å²) in [5, 5.41) is 13.2. The number of hydrogen-bond donors (Lipinski definition) is 3. The fourth-order valence-corrected chi connectivity index (χ4v) is 4.64. The van der Waals surface area contributed by atoms with Crippen molar-refractivity contribution in [2.45, 2.75) is 37.3 Å². The third-order valence-electron chi connectivity index (χ3n) is 4.71. The second kappa shape index (κ2) is 9.38. The SMILES string of the molecule is CCC(NC(=O)C(N)CS(=O)(=O)Cc1ccccc1)C(O)c1nc2ccccc2o1. The van der Waals surface area contributed by atoms with Crippen LogP contribution in [0.4, 0.5) is 0 Å². The predicted octanol–water partition coefficient (Wildman–Crippen LogP) is 1.70. The molecule has 4 N–H and O–H groups in total. The molecule has 9 heteroatoms. The van der Waals surface area contributed by atoms with Gasteiger partial charge in [-0.05, 0) is 24.1 Å². The van der Waals surface area contributed by atoms with Gasteiger partial charge < -0.3 is 20.6 Å². The number of aliphatic hydroxyl groups excluding tert-OH is 1. The molecule has 0 saturated carbocycles. The number of benzene rings is 2. The van der Waals surface area contributed by atoms with Gasteiger partial charge in [-0.3, -0.25) is 4.79 Å². The van der Waals surface area contributed by atoms with Crippen LogP contribution in [-0.4, -0.2) is 42.3 Å². The highest BCUT2D eigenvalue weighted by molar-refractivity contribution is 7.90. The van der Waals surface area contributed by atoms with E-state index in [0.717, 1.165) is 0 Å². The first-order chi connectivity index (χ1) is 14.3. The van der Waals surface area contributed by atoms with E-state index in [0.29, 0.717) is 23.1 Å². The highest BCUT2D eigenvalue weighted by Gasteiger charge is 2.29. The van der Waals surface area contributed by atoms with Crippen LogP contribution >= 0.6 is 0 Å². The molecule has 2 aromatic carbocycles. The van der Waals surface area contributed by atoms with Crippen molar-refractivity contribution < 1.29 is 22.7 Å². The molecular weight excluding hydrogens is 406 g/mol. The summed E-state index contributed by atoms with van der Waals surface area (Å²) in [6.45, 7) is 1.77. The van der Waals surface area contributed by atoms with Crippen LogP contribution in [0.1, 0.15) is 30.9 Å². The van der Waals surface area contributed by atoms with Gasteiger partial charge in [-0.15, -0.1) is 0 Å². The third kappa shape index (κ3) is 5.44. The Kier molecular flexibility index (Phi) is 6.86. The van der Waals surface area contributed by atoms with Gasteiger partial charge in [0.25, 0.3) is 0 Å². The summed E-state index contributed by atoms with van der Waals surface area (Å²) in [6.07, 6.45) is -0.825. The molecule has 0 fully saturated rings. The van der Waals surface area contributed by atoms with Crippen molar-refractivity contribution in [2.75, 3.05) is 5.75 Å². The van der Waals surface area contributed by atoms with Crippen LogP contribution in [-0.2, 0) is 20.4 Å². The Morgan fingerprint density at radius 1 is 1.17 bits per heavy atom. The van der Waals surface area contributed by atoms with Gasteiger partial charge in [0.15, 0.2) is 21.5 Å². The molecule has 160 valence electrons. The van der Waals surface area contributed by atoms with Gasteiger partial charge in [0.2, 0.25) is 11.8 Å². The summed E-state index contributed by atoms with van der Waals surface area (Å²) in [6, 6.07) is 13.8. The number of nitrogens with zero attached hydrogens (tertiary/aromatic N) is 1. The number of nitrogens with one attached hydrogen (secondary N) is 1. The van der Waals surface area contributed by atoms with E-state index in [9.17, 15) is 18.3 Å². The van der Waals surface area contributed by atoms with Gasteiger partial charge >= 0.3 is 0 Å². The number of amides is 1. The van der Waals surface area contributed by atoms with Crippen molar-refractivity contribution in [3.8, 4) is 0 Å². The number of carbonyl (C=O) groups is 1. The molecule has 3 aromatic rings. The Morgan fingerprint density at radius 2 is 1.83 bits per heavy atom. The van der Waals surface area contributed by atoms with Crippen LogP contribution in [0.3, 0.4) is 0 Å². The van der Waals surface area contributed by atoms with E-state index in [2.05, 4.69) is 10.3 Å². The highest BCUT2D eigenvalue weighted by Crippen LogP contribution is 2.23. The second-order valence-electron chi connectivity index (χ2n) is 7.13. The monoisotopic (exact) mass is 431 g/mol. The molecule has 3 atom stereocenters. The molecule has 0 aliphatic rings. The summed E-state index contributed by atoms with van der Waals surface area (Å²) >= 11 is 0. The number of carbonyl (C=O) groups excluding carboxylic acids is 1. The van der Waals surface area contributed by atoms with Crippen LogP contribution in [0.2, 0.25) is 0 Å². The van der Waals surface area contributed by atoms with Crippen molar-refractivity contribution in [2.24, 2.45) is 5.73 Å². The summed E-state index contributed by atoms with van der Waals surface area (Å²) in [4.78, 5) is 16.7. The quantitative estimate of drug-likeness (QED) is 0.469. The number of rotatable bonds is 9. The molecule has 0 aliphatic heterocycles. The maximum Gasteiger partial charge on any atom is 0.238 e. The van der Waals surface area contributed by atoms with E-state index < -0.39 is 39.7 Å². The number of nitrogens with two attached hydrogens (primary N) is 1. The Balaban J connectivity index is 1.63. The maximum absolute atomic E-state index is 12.5. The summed E-state index contributed by atoms with van der Waals surface area (Å²) in [5.74, 6) is -1.27. The molecule has 8 nitrogen and oxygen atoms in total. The first-order valence-corrected chi connectivity index (χ1v) is 11.4. The summed E-state index contributed by atoms with van der Waals surface area (Å²) in [5.41, 5.74) is 7.59. The van der Waals surface area contributed by atoms with E-state index in [1.54, 1.807) is 61.5 Å². The van der Waals surface area contributed by atoms with Crippen molar-refractivity contribution in [1.82, 2.24) is 10.3 Å². The number of oxazole rings is 1. The van der Waals surface area contributed by atoms with E-state index in [-0.39, 0.29) is 11.6 Å². The number of hydrogen-bond acceptors (Lipinski definition) is 7. The molecule has 30 heavy (non-hydrogen) atoms. The van der Waals surface area contributed by atoms with E-state index in [1.165, 1.54) is 0 Å². The van der Waals surface area contributed by atoms with Crippen LogP contribution in [0.5, 0.6) is 0 Å². The molecule has 3 unspecified atom stereocenters. The Hall–Kier alpha value is -2.75. The predicted molar refractivity (Wildman–Crippen MR) is 113 cm³/mol. The van der Waals surface area contributed by atoms with Gasteiger partial charge in [-0.25, -0.2) is 13.4 Å².